The molecule has 0 saturated heterocycles. The van der Waals surface area contributed by atoms with Gasteiger partial charge >= 0.3 is 5.97 Å². The second-order valence-electron chi connectivity index (χ2n) is 2.49. The number of carbonyl (C=O) groups is 1. The lowest BCUT2D eigenvalue weighted by Gasteiger charge is -2.07. The Balaban J connectivity index is 3.55. The molecule has 0 radical (unpaired) electrons. The van der Waals surface area contributed by atoms with Gasteiger partial charge in [0.1, 0.15) is 5.69 Å². The van der Waals surface area contributed by atoms with Crippen LogP contribution >= 0.6 is 11.6 Å². The largest absolute Gasteiger partial charge is 0.478 e. The van der Waals surface area contributed by atoms with Crippen molar-refractivity contribution in [1.29, 1.82) is 0 Å². The van der Waals surface area contributed by atoms with Gasteiger partial charge in [0, 0.05) is 12.4 Å². The number of nitrogens with two attached hydrogens (primary N) is 2. The van der Waals surface area contributed by atoms with Crippen LogP contribution in [0.2, 0.25) is 5.02 Å². The summed E-state index contributed by atoms with van der Waals surface area (Å²) >= 11 is 10.1. The summed E-state index contributed by atoms with van der Waals surface area (Å²) in [5.74, 6) is -1.20. The molecule has 5 nitrogen and oxygen atoms in total. The Morgan fingerprint density at radius 1 is 1.57 bits per heavy atom. The van der Waals surface area contributed by atoms with E-state index in [2.05, 4.69) is 16.8 Å². The molecule has 0 spiro atoms. The van der Waals surface area contributed by atoms with Crippen LogP contribution in [0.4, 0.5) is 17.1 Å². The topological polar surface area (TPSA) is 102 Å². The van der Waals surface area contributed by atoms with Crippen molar-refractivity contribution < 1.29 is 9.90 Å². The third-order valence-corrected chi connectivity index (χ3v) is 2.19. The van der Waals surface area contributed by atoms with Crippen molar-refractivity contribution in [3.63, 3.8) is 0 Å². The monoisotopic (exact) mass is 231 g/mol. The second kappa shape index (κ2) is 3.77. The molecular formula is C7H6ClN3O2S. The number of carboxylic acids is 1. The first kappa shape index (κ1) is 10.7. The van der Waals surface area contributed by atoms with Crippen molar-refractivity contribution in [2.75, 3.05) is 11.5 Å². The molecule has 0 atom stereocenters. The van der Waals surface area contributed by atoms with E-state index in [1.807, 2.05) is 0 Å². The Morgan fingerprint density at radius 2 is 2.14 bits per heavy atom. The van der Waals surface area contributed by atoms with E-state index >= 15 is 0 Å². The van der Waals surface area contributed by atoms with Gasteiger partial charge in [0.25, 0.3) is 0 Å². The third kappa shape index (κ3) is 1.61. The molecule has 0 aliphatic rings. The van der Waals surface area contributed by atoms with Crippen molar-refractivity contribution in [2.45, 2.75) is 0 Å². The van der Waals surface area contributed by atoms with Gasteiger partial charge in [-0.2, -0.15) is 4.36 Å². The smallest absolute Gasteiger partial charge is 0.337 e. The fourth-order valence-corrected chi connectivity index (χ4v) is 1.44. The number of carboxylic acid groups (broad SMARTS) is 1. The summed E-state index contributed by atoms with van der Waals surface area (Å²) in [4.78, 5) is 10.7. The fourth-order valence-electron chi connectivity index (χ4n) is 0.944. The van der Waals surface area contributed by atoms with E-state index in [-0.39, 0.29) is 27.6 Å². The summed E-state index contributed by atoms with van der Waals surface area (Å²) in [5, 5.41) is 8.70. The Bertz CT molecular complexity index is 422. The number of halogens is 1. The van der Waals surface area contributed by atoms with Crippen molar-refractivity contribution in [3.8, 4) is 0 Å². The Morgan fingerprint density at radius 3 is 2.57 bits per heavy atom. The number of hydrogen-bond acceptors (Lipinski definition) is 5. The minimum Gasteiger partial charge on any atom is -0.478 e. The summed E-state index contributed by atoms with van der Waals surface area (Å²) in [5.41, 5.74) is 10.9. The molecule has 0 aromatic heterocycles. The molecule has 0 heterocycles. The molecule has 0 bridgehead atoms. The molecule has 0 unspecified atom stereocenters. The van der Waals surface area contributed by atoms with Crippen molar-refractivity contribution in [2.24, 2.45) is 4.36 Å². The zero-order valence-electron chi connectivity index (χ0n) is 6.82. The Hall–Kier alpha value is -1.40. The van der Waals surface area contributed by atoms with Gasteiger partial charge in [-0.25, -0.2) is 4.79 Å². The SMILES string of the molecule is Nc1cc(C(=O)O)c(N)c(Cl)c1N=S. The number of nitrogens with zero attached hydrogens (tertiary/aromatic N) is 1. The summed E-state index contributed by atoms with van der Waals surface area (Å²) < 4.78 is 3.38. The molecule has 14 heavy (non-hydrogen) atoms. The van der Waals surface area contributed by atoms with Gasteiger partial charge in [0.2, 0.25) is 0 Å². The number of aromatic carboxylic acids is 1. The van der Waals surface area contributed by atoms with E-state index in [9.17, 15) is 4.79 Å². The molecule has 1 rings (SSSR count). The highest BCUT2D eigenvalue weighted by atomic mass is 35.5. The Kier molecular flexibility index (Phi) is 2.87. The summed E-state index contributed by atoms with van der Waals surface area (Å²) in [6, 6.07) is 1.18. The van der Waals surface area contributed by atoms with Gasteiger partial charge in [0.05, 0.1) is 22.0 Å². The summed E-state index contributed by atoms with van der Waals surface area (Å²) in [6.45, 7) is 0. The Labute approximate surface area is 89.8 Å². The van der Waals surface area contributed by atoms with Gasteiger partial charge in [0.15, 0.2) is 0 Å². The van der Waals surface area contributed by atoms with E-state index < -0.39 is 5.97 Å². The number of nitrogen functional groups attached to an aromatic ring is 2. The highest BCUT2D eigenvalue weighted by Gasteiger charge is 2.16. The first-order valence-electron chi connectivity index (χ1n) is 3.43. The lowest BCUT2D eigenvalue weighted by Crippen LogP contribution is -2.04. The average molecular weight is 232 g/mol. The third-order valence-electron chi connectivity index (χ3n) is 1.63. The predicted octanol–water partition coefficient (Wildman–Crippen LogP) is 1.56. The van der Waals surface area contributed by atoms with Gasteiger partial charge in [-0.15, -0.1) is 0 Å². The van der Waals surface area contributed by atoms with Crippen LogP contribution in [0.3, 0.4) is 0 Å². The molecule has 0 amide bonds. The zero-order chi connectivity index (χ0) is 10.9. The minimum absolute atomic E-state index is 0.0302. The number of benzene rings is 1. The maximum Gasteiger partial charge on any atom is 0.337 e. The van der Waals surface area contributed by atoms with E-state index in [1.54, 1.807) is 0 Å². The number of hydrogen-bond donors (Lipinski definition) is 3. The van der Waals surface area contributed by atoms with Crippen LogP contribution in [0.25, 0.3) is 0 Å². The van der Waals surface area contributed by atoms with Gasteiger partial charge in [-0.1, -0.05) is 11.6 Å². The van der Waals surface area contributed by atoms with Crippen LogP contribution in [0.15, 0.2) is 10.4 Å². The normalized spacial score (nSPS) is 9.79. The summed E-state index contributed by atoms with van der Waals surface area (Å²) in [7, 11) is 0. The van der Waals surface area contributed by atoms with Crippen molar-refractivity contribution in [3.05, 3.63) is 16.7 Å². The maximum absolute atomic E-state index is 10.7. The van der Waals surface area contributed by atoms with Gasteiger partial charge < -0.3 is 16.6 Å². The highest BCUT2D eigenvalue weighted by Crippen LogP contribution is 2.38. The molecule has 74 valence electrons. The first-order valence-corrected chi connectivity index (χ1v) is 4.17. The maximum atomic E-state index is 10.7. The van der Waals surface area contributed by atoms with Crippen LogP contribution in [0.1, 0.15) is 10.4 Å². The van der Waals surface area contributed by atoms with Crippen LogP contribution < -0.4 is 11.5 Å². The minimum atomic E-state index is -1.20. The molecule has 0 saturated carbocycles. The van der Waals surface area contributed by atoms with E-state index in [1.165, 1.54) is 6.07 Å². The van der Waals surface area contributed by atoms with Gasteiger partial charge in [-0.05, 0) is 6.07 Å². The molecule has 0 aliphatic carbocycles. The van der Waals surface area contributed by atoms with Crippen LogP contribution in [-0.2, 0) is 12.4 Å². The van der Waals surface area contributed by atoms with Crippen LogP contribution in [0.5, 0.6) is 0 Å². The average Bonchev–Trinajstić information content (AvgIpc) is 2.12. The van der Waals surface area contributed by atoms with E-state index in [4.69, 9.17) is 28.2 Å². The number of rotatable bonds is 2. The molecule has 1 aromatic carbocycles. The van der Waals surface area contributed by atoms with Gasteiger partial charge in [-0.3, -0.25) is 0 Å². The molecule has 5 N–H and O–H groups in total. The van der Waals surface area contributed by atoms with Crippen molar-refractivity contribution >= 4 is 47.1 Å². The van der Waals surface area contributed by atoms with Crippen molar-refractivity contribution in [1.82, 2.24) is 0 Å². The molecule has 0 aliphatic heterocycles. The van der Waals surface area contributed by atoms with Crippen LogP contribution in [-0.4, -0.2) is 11.1 Å². The van der Waals surface area contributed by atoms with Crippen LogP contribution in [0, 0.1) is 0 Å². The molecule has 0 fully saturated rings. The predicted molar refractivity (Wildman–Crippen MR) is 56.7 cm³/mol. The zero-order valence-corrected chi connectivity index (χ0v) is 8.39. The van der Waals surface area contributed by atoms with E-state index in [0.717, 1.165) is 0 Å². The summed E-state index contributed by atoms with van der Waals surface area (Å²) in [6.07, 6.45) is 0. The molecule has 7 heteroatoms. The quantitative estimate of drug-likeness (QED) is 0.671. The standard InChI is InChI=1S/C7H6ClN3O2S/c8-4-5(10)2(7(12)13)1-3(9)6(4)11-14/h1H,9-10H2,(H,12,13). The second-order valence-corrected chi connectivity index (χ2v) is 3.05. The lowest BCUT2D eigenvalue weighted by atomic mass is 10.1. The fraction of sp³-hybridized carbons (Fsp3) is 0. The number of anilines is 2. The molecule has 1 aromatic rings. The lowest BCUT2D eigenvalue weighted by molar-refractivity contribution is 0.0698. The highest BCUT2D eigenvalue weighted by molar-refractivity contribution is 7.47. The van der Waals surface area contributed by atoms with E-state index in [0.29, 0.717) is 0 Å². The first-order chi connectivity index (χ1) is 6.49. The molecular weight excluding hydrogens is 226 g/mol.